The SMILES string of the molecule is Cc1nc(N2CCCC2)nc(C)c1NC(=O)c1cc(-c2cccs2)on1. The fourth-order valence-corrected chi connectivity index (χ4v) is 3.71. The molecule has 134 valence electrons. The topological polar surface area (TPSA) is 84.2 Å². The van der Waals surface area contributed by atoms with Gasteiger partial charge in [0.25, 0.3) is 5.91 Å². The first kappa shape index (κ1) is 16.7. The minimum atomic E-state index is -0.333. The molecule has 0 aromatic carbocycles. The van der Waals surface area contributed by atoms with Gasteiger partial charge in [0.2, 0.25) is 5.95 Å². The number of nitrogens with one attached hydrogen (secondary N) is 1. The van der Waals surface area contributed by atoms with Gasteiger partial charge in [-0.25, -0.2) is 9.97 Å². The summed E-state index contributed by atoms with van der Waals surface area (Å²) in [7, 11) is 0. The quantitative estimate of drug-likeness (QED) is 0.755. The first-order chi connectivity index (χ1) is 12.6. The summed E-state index contributed by atoms with van der Waals surface area (Å²) < 4.78 is 5.28. The summed E-state index contributed by atoms with van der Waals surface area (Å²) in [5.41, 5.74) is 2.35. The molecule has 0 aliphatic carbocycles. The molecule has 0 atom stereocenters. The van der Waals surface area contributed by atoms with Gasteiger partial charge in [0, 0.05) is 19.2 Å². The number of rotatable bonds is 4. The van der Waals surface area contributed by atoms with Crippen LogP contribution in [0.25, 0.3) is 10.6 Å². The summed E-state index contributed by atoms with van der Waals surface area (Å²) in [5, 5.41) is 8.70. The van der Waals surface area contributed by atoms with Gasteiger partial charge >= 0.3 is 0 Å². The van der Waals surface area contributed by atoms with Crippen LogP contribution in [0.3, 0.4) is 0 Å². The molecule has 1 aliphatic heterocycles. The Morgan fingerprint density at radius 1 is 1.23 bits per heavy atom. The lowest BCUT2D eigenvalue weighted by Crippen LogP contribution is -2.22. The zero-order valence-electron chi connectivity index (χ0n) is 14.7. The summed E-state index contributed by atoms with van der Waals surface area (Å²) in [5.74, 6) is 0.983. The van der Waals surface area contributed by atoms with Crippen molar-refractivity contribution in [2.24, 2.45) is 0 Å². The van der Waals surface area contributed by atoms with Crippen molar-refractivity contribution in [1.29, 1.82) is 0 Å². The van der Waals surface area contributed by atoms with E-state index in [2.05, 4.69) is 25.3 Å². The molecule has 1 N–H and O–H groups in total. The van der Waals surface area contributed by atoms with Gasteiger partial charge in [-0.3, -0.25) is 4.79 Å². The number of nitrogens with zero attached hydrogens (tertiary/aromatic N) is 4. The first-order valence-electron chi connectivity index (χ1n) is 8.54. The number of hydrogen-bond donors (Lipinski definition) is 1. The molecule has 3 aromatic rings. The van der Waals surface area contributed by atoms with Crippen LogP contribution in [0.5, 0.6) is 0 Å². The molecule has 3 aromatic heterocycles. The Bertz CT molecular complexity index is 906. The lowest BCUT2D eigenvalue weighted by Gasteiger charge is -2.18. The van der Waals surface area contributed by atoms with E-state index in [0.29, 0.717) is 11.4 Å². The summed E-state index contributed by atoms with van der Waals surface area (Å²) in [6, 6.07) is 5.49. The summed E-state index contributed by atoms with van der Waals surface area (Å²) in [6.45, 7) is 5.72. The monoisotopic (exact) mass is 369 g/mol. The third-order valence-electron chi connectivity index (χ3n) is 4.39. The fraction of sp³-hybridized carbons (Fsp3) is 0.333. The summed E-state index contributed by atoms with van der Waals surface area (Å²) in [4.78, 5) is 24.8. The predicted molar refractivity (Wildman–Crippen MR) is 101 cm³/mol. The van der Waals surface area contributed by atoms with E-state index in [1.54, 1.807) is 6.07 Å². The number of anilines is 2. The first-order valence-corrected chi connectivity index (χ1v) is 9.42. The van der Waals surface area contributed by atoms with Gasteiger partial charge in [-0.05, 0) is 38.1 Å². The number of aryl methyl sites for hydroxylation is 2. The van der Waals surface area contributed by atoms with Crippen LogP contribution in [0.1, 0.15) is 34.7 Å². The Hall–Kier alpha value is -2.74. The number of amides is 1. The van der Waals surface area contributed by atoms with Crippen LogP contribution < -0.4 is 10.2 Å². The number of aromatic nitrogens is 3. The van der Waals surface area contributed by atoms with Crippen LogP contribution in [0.15, 0.2) is 28.1 Å². The maximum atomic E-state index is 12.5. The Balaban J connectivity index is 1.54. The standard InChI is InChI=1S/C18H19N5O2S/c1-11-16(12(2)20-18(19-11)23-7-3-4-8-23)21-17(24)13-10-14(25-22-13)15-6-5-9-26-15/h5-6,9-10H,3-4,7-8H2,1-2H3,(H,21,24). The van der Waals surface area contributed by atoms with E-state index in [1.165, 1.54) is 24.2 Å². The molecular formula is C18H19N5O2S. The molecule has 0 bridgehead atoms. The van der Waals surface area contributed by atoms with Crippen molar-refractivity contribution >= 4 is 28.9 Å². The molecule has 8 heteroatoms. The average molecular weight is 369 g/mol. The third-order valence-corrected chi connectivity index (χ3v) is 5.28. The fourth-order valence-electron chi connectivity index (χ4n) is 3.03. The van der Waals surface area contributed by atoms with E-state index in [4.69, 9.17) is 4.52 Å². The molecule has 4 rings (SSSR count). The zero-order valence-corrected chi connectivity index (χ0v) is 15.5. The van der Waals surface area contributed by atoms with Crippen LogP contribution in [0, 0.1) is 13.8 Å². The molecule has 1 amide bonds. The second-order valence-electron chi connectivity index (χ2n) is 6.27. The maximum absolute atomic E-state index is 12.5. The molecule has 0 saturated carbocycles. The highest BCUT2D eigenvalue weighted by Gasteiger charge is 2.20. The smallest absolute Gasteiger partial charge is 0.277 e. The molecule has 1 aliphatic rings. The van der Waals surface area contributed by atoms with Gasteiger partial charge in [-0.2, -0.15) is 0 Å². The number of carbonyl (C=O) groups excluding carboxylic acids is 1. The Kier molecular flexibility index (Phi) is 4.42. The number of hydrogen-bond acceptors (Lipinski definition) is 7. The van der Waals surface area contributed by atoms with Crippen molar-refractivity contribution in [3.63, 3.8) is 0 Å². The lowest BCUT2D eigenvalue weighted by molar-refractivity contribution is 0.101. The average Bonchev–Trinajstić information content (AvgIpc) is 3.39. The van der Waals surface area contributed by atoms with Crippen LogP contribution in [0.4, 0.5) is 11.6 Å². The van der Waals surface area contributed by atoms with E-state index in [0.717, 1.165) is 35.3 Å². The molecule has 0 unspecified atom stereocenters. The second kappa shape index (κ2) is 6.87. The third kappa shape index (κ3) is 3.20. The number of thiophene rings is 1. The van der Waals surface area contributed by atoms with Crippen LogP contribution >= 0.6 is 11.3 Å². The summed E-state index contributed by atoms with van der Waals surface area (Å²) >= 11 is 1.53. The van der Waals surface area contributed by atoms with E-state index in [-0.39, 0.29) is 11.6 Å². The maximum Gasteiger partial charge on any atom is 0.277 e. The van der Waals surface area contributed by atoms with E-state index in [1.807, 2.05) is 31.4 Å². The zero-order chi connectivity index (χ0) is 18.1. The molecule has 1 fully saturated rings. The second-order valence-corrected chi connectivity index (χ2v) is 7.22. The van der Waals surface area contributed by atoms with Gasteiger partial charge in [0.1, 0.15) is 0 Å². The van der Waals surface area contributed by atoms with Gasteiger partial charge in [-0.1, -0.05) is 11.2 Å². The van der Waals surface area contributed by atoms with Crippen molar-refractivity contribution in [3.05, 3.63) is 40.7 Å². The number of carbonyl (C=O) groups is 1. The van der Waals surface area contributed by atoms with Crippen molar-refractivity contribution in [1.82, 2.24) is 15.1 Å². The Morgan fingerprint density at radius 3 is 2.62 bits per heavy atom. The Morgan fingerprint density at radius 2 is 1.96 bits per heavy atom. The predicted octanol–water partition coefficient (Wildman–Crippen LogP) is 3.66. The van der Waals surface area contributed by atoms with Crippen molar-refractivity contribution < 1.29 is 9.32 Å². The lowest BCUT2D eigenvalue weighted by atomic mass is 10.2. The minimum Gasteiger partial charge on any atom is -0.355 e. The molecule has 0 radical (unpaired) electrons. The normalized spacial score (nSPS) is 14.0. The highest BCUT2D eigenvalue weighted by molar-refractivity contribution is 7.13. The molecule has 0 spiro atoms. The highest BCUT2D eigenvalue weighted by Crippen LogP contribution is 2.26. The molecule has 1 saturated heterocycles. The molecular weight excluding hydrogens is 350 g/mol. The molecule has 7 nitrogen and oxygen atoms in total. The van der Waals surface area contributed by atoms with Gasteiger partial charge < -0.3 is 14.7 Å². The van der Waals surface area contributed by atoms with E-state index in [9.17, 15) is 4.79 Å². The molecule has 4 heterocycles. The Labute approximate surface area is 155 Å². The van der Waals surface area contributed by atoms with Crippen LogP contribution in [0.2, 0.25) is 0 Å². The van der Waals surface area contributed by atoms with Crippen LogP contribution in [-0.2, 0) is 0 Å². The van der Waals surface area contributed by atoms with Crippen molar-refractivity contribution in [2.75, 3.05) is 23.3 Å². The van der Waals surface area contributed by atoms with E-state index >= 15 is 0 Å². The van der Waals surface area contributed by atoms with E-state index < -0.39 is 0 Å². The molecule has 26 heavy (non-hydrogen) atoms. The van der Waals surface area contributed by atoms with Gasteiger partial charge in [0.15, 0.2) is 11.5 Å². The van der Waals surface area contributed by atoms with Crippen molar-refractivity contribution in [3.8, 4) is 10.6 Å². The summed E-state index contributed by atoms with van der Waals surface area (Å²) in [6.07, 6.45) is 2.33. The van der Waals surface area contributed by atoms with Gasteiger partial charge in [-0.15, -0.1) is 11.3 Å². The largest absolute Gasteiger partial charge is 0.355 e. The highest BCUT2D eigenvalue weighted by atomic mass is 32.1. The minimum absolute atomic E-state index is 0.232. The van der Waals surface area contributed by atoms with Crippen molar-refractivity contribution in [2.45, 2.75) is 26.7 Å². The van der Waals surface area contributed by atoms with Crippen LogP contribution in [-0.4, -0.2) is 34.1 Å². The van der Waals surface area contributed by atoms with Gasteiger partial charge in [0.05, 0.1) is 22.0 Å².